The number of halogens is 3. The predicted molar refractivity (Wildman–Crippen MR) is 53.1 cm³/mol. The zero-order valence-electron chi connectivity index (χ0n) is 8.88. The summed E-state index contributed by atoms with van der Waals surface area (Å²) in [6.45, 7) is 1.83. The van der Waals surface area contributed by atoms with E-state index in [0.29, 0.717) is 17.0 Å². The average molecular weight is 232 g/mol. The molecule has 0 N–H and O–H groups in total. The van der Waals surface area contributed by atoms with Gasteiger partial charge in [-0.2, -0.15) is 13.2 Å². The van der Waals surface area contributed by atoms with E-state index in [1.807, 2.05) is 6.92 Å². The van der Waals surface area contributed by atoms with Gasteiger partial charge in [0.2, 0.25) is 0 Å². The summed E-state index contributed by atoms with van der Waals surface area (Å²) in [7, 11) is 1.05. The van der Waals surface area contributed by atoms with Crippen molar-refractivity contribution in [3.8, 4) is 0 Å². The molecule has 0 aliphatic rings. The summed E-state index contributed by atoms with van der Waals surface area (Å²) < 4.78 is 36.4. The molecule has 0 saturated carbocycles. The molecule has 1 aromatic heterocycles. The fraction of sp³-hybridized carbons (Fsp3) is 0.400. The SMILES string of the molecule is CCc1cccc(N(C)C(=O)C(F)(F)F)n1. The van der Waals surface area contributed by atoms with Crippen LogP contribution in [-0.4, -0.2) is 24.1 Å². The second-order valence-corrected chi connectivity index (χ2v) is 3.20. The van der Waals surface area contributed by atoms with Crippen molar-refractivity contribution in [2.24, 2.45) is 0 Å². The average Bonchev–Trinajstić information content (AvgIpc) is 2.26. The van der Waals surface area contributed by atoms with Crippen LogP contribution in [0.15, 0.2) is 18.2 Å². The van der Waals surface area contributed by atoms with Crippen LogP contribution in [0.4, 0.5) is 19.0 Å². The minimum Gasteiger partial charge on any atom is -0.292 e. The monoisotopic (exact) mass is 232 g/mol. The highest BCUT2D eigenvalue weighted by Crippen LogP contribution is 2.21. The standard InChI is InChI=1S/C10H11F3N2O/c1-3-7-5-4-6-8(14-7)15(2)9(16)10(11,12)13/h4-6H,3H2,1-2H3. The largest absolute Gasteiger partial charge is 0.471 e. The summed E-state index contributed by atoms with van der Waals surface area (Å²) in [4.78, 5) is 15.4. The van der Waals surface area contributed by atoms with E-state index in [0.717, 1.165) is 7.05 Å². The molecule has 1 amide bonds. The zero-order valence-corrected chi connectivity index (χ0v) is 8.88. The first-order chi connectivity index (χ1) is 7.36. The van der Waals surface area contributed by atoms with Crippen LogP contribution in [0.2, 0.25) is 0 Å². The number of nitrogens with zero attached hydrogens (tertiary/aromatic N) is 2. The number of hydrogen-bond acceptors (Lipinski definition) is 2. The molecule has 0 radical (unpaired) electrons. The summed E-state index contributed by atoms with van der Waals surface area (Å²) in [5.74, 6) is -1.92. The maximum atomic E-state index is 12.1. The lowest BCUT2D eigenvalue weighted by atomic mass is 10.3. The first kappa shape index (κ1) is 12.5. The van der Waals surface area contributed by atoms with Gasteiger partial charge in [-0.3, -0.25) is 9.69 Å². The Balaban J connectivity index is 2.96. The van der Waals surface area contributed by atoms with Crippen molar-refractivity contribution < 1.29 is 18.0 Å². The molecular weight excluding hydrogens is 221 g/mol. The van der Waals surface area contributed by atoms with Crippen molar-refractivity contribution >= 4 is 11.7 Å². The summed E-state index contributed by atoms with van der Waals surface area (Å²) in [5.41, 5.74) is 0.638. The van der Waals surface area contributed by atoms with Crippen molar-refractivity contribution in [1.82, 2.24) is 4.98 Å². The molecule has 0 aromatic carbocycles. The first-order valence-electron chi connectivity index (χ1n) is 4.67. The van der Waals surface area contributed by atoms with Crippen LogP contribution >= 0.6 is 0 Å². The molecule has 1 aromatic rings. The highest BCUT2D eigenvalue weighted by molar-refractivity contribution is 5.95. The number of hydrogen-bond donors (Lipinski definition) is 0. The Kier molecular flexibility index (Phi) is 3.51. The second kappa shape index (κ2) is 4.51. The Hall–Kier alpha value is -1.59. The minimum atomic E-state index is -4.88. The summed E-state index contributed by atoms with van der Waals surface area (Å²) in [6.07, 6.45) is -4.28. The van der Waals surface area contributed by atoms with Gasteiger partial charge in [-0.25, -0.2) is 4.98 Å². The highest BCUT2D eigenvalue weighted by atomic mass is 19.4. The van der Waals surface area contributed by atoms with Gasteiger partial charge in [0.05, 0.1) is 0 Å². The summed E-state index contributed by atoms with van der Waals surface area (Å²) in [6, 6.07) is 4.62. The van der Waals surface area contributed by atoms with Crippen molar-refractivity contribution in [3.05, 3.63) is 23.9 Å². The van der Waals surface area contributed by atoms with Crippen molar-refractivity contribution in [2.75, 3.05) is 11.9 Å². The molecule has 0 aliphatic carbocycles. The molecule has 6 heteroatoms. The lowest BCUT2D eigenvalue weighted by Crippen LogP contribution is -2.39. The number of alkyl halides is 3. The number of carbonyl (C=O) groups excluding carboxylic acids is 1. The molecule has 16 heavy (non-hydrogen) atoms. The van der Waals surface area contributed by atoms with E-state index in [1.54, 1.807) is 12.1 Å². The third-order valence-corrected chi connectivity index (χ3v) is 2.05. The number of pyridine rings is 1. The smallest absolute Gasteiger partial charge is 0.292 e. The quantitative estimate of drug-likeness (QED) is 0.782. The number of aromatic nitrogens is 1. The predicted octanol–water partition coefficient (Wildman–Crippen LogP) is 2.17. The van der Waals surface area contributed by atoms with Gasteiger partial charge in [-0.1, -0.05) is 13.0 Å². The number of aryl methyl sites for hydroxylation is 1. The Morgan fingerprint density at radius 1 is 1.44 bits per heavy atom. The van der Waals surface area contributed by atoms with E-state index in [4.69, 9.17) is 0 Å². The van der Waals surface area contributed by atoms with Gasteiger partial charge in [-0.05, 0) is 18.6 Å². The highest BCUT2D eigenvalue weighted by Gasteiger charge is 2.42. The fourth-order valence-corrected chi connectivity index (χ4v) is 1.14. The van der Waals surface area contributed by atoms with Crippen molar-refractivity contribution in [2.45, 2.75) is 19.5 Å². The Labute approximate surface area is 90.9 Å². The molecular formula is C10H11F3N2O. The Bertz CT molecular complexity index is 390. The van der Waals surface area contributed by atoms with Crippen molar-refractivity contribution in [1.29, 1.82) is 0 Å². The maximum Gasteiger partial charge on any atom is 0.471 e. The van der Waals surface area contributed by atoms with Crippen LogP contribution in [0.1, 0.15) is 12.6 Å². The summed E-state index contributed by atoms with van der Waals surface area (Å²) in [5, 5.41) is 0. The van der Waals surface area contributed by atoms with E-state index >= 15 is 0 Å². The van der Waals surface area contributed by atoms with Crippen LogP contribution in [0, 0.1) is 0 Å². The molecule has 0 fully saturated rings. The van der Waals surface area contributed by atoms with Gasteiger partial charge in [0.15, 0.2) is 0 Å². The van der Waals surface area contributed by atoms with Gasteiger partial charge < -0.3 is 0 Å². The molecule has 0 spiro atoms. The van der Waals surface area contributed by atoms with Crippen LogP contribution in [0.5, 0.6) is 0 Å². The number of anilines is 1. The van der Waals surface area contributed by atoms with E-state index in [-0.39, 0.29) is 5.82 Å². The molecule has 0 bridgehead atoms. The molecule has 1 heterocycles. The van der Waals surface area contributed by atoms with Gasteiger partial charge in [0.1, 0.15) is 5.82 Å². The van der Waals surface area contributed by atoms with Crippen LogP contribution in [0.25, 0.3) is 0 Å². The molecule has 88 valence electrons. The molecule has 0 atom stereocenters. The van der Waals surface area contributed by atoms with Crippen molar-refractivity contribution in [3.63, 3.8) is 0 Å². The van der Waals surface area contributed by atoms with E-state index in [2.05, 4.69) is 4.98 Å². The number of carbonyl (C=O) groups is 1. The van der Waals surface area contributed by atoms with E-state index in [9.17, 15) is 18.0 Å². The molecule has 0 aliphatic heterocycles. The first-order valence-corrected chi connectivity index (χ1v) is 4.67. The van der Waals surface area contributed by atoms with Crippen LogP contribution < -0.4 is 4.90 Å². The topological polar surface area (TPSA) is 33.2 Å². The Morgan fingerprint density at radius 3 is 2.56 bits per heavy atom. The van der Waals surface area contributed by atoms with E-state index in [1.165, 1.54) is 6.07 Å². The maximum absolute atomic E-state index is 12.1. The number of rotatable bonds is 2. The second-order valence-electron chi connectivity index (χ2n) is 3.20. The number of amides is 1. The molecule has 0 unspecified atom stereocenters. The van der Waals surface area contributed by atoms with Gasteiger partial charge in [-0.15, -0.1) is 0 Å². The van der Waals surface area contributed by atoms with Crippen LogP contribution in [-0.2, 0) is 11.2 Å². The lowest BCUT2D eigenvalue weighted by Gasteiger charge is -2.18. The fourth-order valence-electron chi connectivity index (χ4n) is 1.14. The van der Waals surface area contributed by atoms with Crippen LogP contribution in [0.3, 0.4) is 0 Å². The zero-order chi connectivity index (χ0) is 12.3. The van der Waals surface area contributed by atoms with Gasteiger partial charge in [0, 0.05) is 12.7 Å². The van der Waals surface area contributed by atoms with Gasteiger partial charge >= 0.3 is 12.1 Å². The third kappa shape index (κ3) is 2.71. The lowest BCUT2D eigenvalue weighted by molar-refractivity contribution is -0.170. The molecule has 0 saturated heterocycles. The normalized spacial score (nSPS) is 11.3. The summed E-state index contributed by atoms with van der Waals surface area (Å²) >= 11 is 0. The van der Waals surface area contributed by atoms with E-state index < -0.39 is 12.1 Å². The van der Waals surface area contributed by atoms with Gasteiger partial charge in [0.25, 0.3) is 0 Å². The molecule has 1 rings (SSSR count). The third-order valence-electron chi connectivity index (χ3n) is 2.05. The minimum absolute atomic E-state index is 0.00155. The molecule has 3 nitrogen and oxygen atoms in total. The Morgan fingerprint density at radius 2 is 2.06 bits per heavy atom.